The number of hydrogen-bond acceptors (Lipinski definition) is 2. The highest BCUT2D eigenvalue weighted by Gasteiger charge is 2.46. The zero-order valence-corrected chi connectivity index (χ0v) is 14.3. The molecule has 1 fully saturated rings. The fourth-order valence-electron chi connectivity index (χ4n) is 3.11. The van der Waals surface area contributed by atoms with Crippen LogP contribution in [0.15, 0.2) is 30.5 Å². The maximum Gasteiger partial charge on any atom is 0.408 e. The number of nitrogens with one attached hydrogen (secondary N) is 1. The van der Waals surface area contributed by atoms with Gasteiger partial charge < -0.3 is 9.88 Å². The topological polar surface area (TPSA) is 20.2 Å². The van der Waals surface area contributed by atoms with Gasteiger partial charge in [-0.25, -0.2) is 0 Å². The van der Waals surface area contributed by atoms with Crippen molar-refractivity contribution in [2.45, 2.75) is 12.2 Å². The number of hydrogen-bond donors (Lipinski definition) is 1. The Bertz CT molecular complexity index is 636. The molecule has 0 spiro atoms. The summed E-state index contributed by atoms with van der Waals surface area (Å²) < 4.78 is 42.7. The molecule has 2 heterocycles. The molecule has 3 nitrogen and oxygen atoms in total. The summed E-state index contributed by atoms with van der Waals surface area (Å²) in [6, 6.07) is 5.72. The van der Waals surface area contributed by atoms with Gasteiger partial charge in [-0.3, -0.25) is 4.90 Å². The highest BCUT2D eigenvalue weighted by Crippen LogP contribution is 2.41. The molecule has 1 saturated heterocycles. The monoisotopic (exact) mass is 369 g/mol. The van der Waals surface area contributed by atoms with Crippen LogP contribution in [0.1, 0.15) is 11.6 Å². The number of nitrogens with zero attached hydrogens (tertiary/aromatic N) is 2. The third-order valence-corrected chi connectivity index (χ3v) is 4.05. The number of benzene rings is 1. The van der Waals surface area contributed by atoms with Gasteiger partial charge in [-0.2, -0.15) is 13.2 Å². The number of aromatic nitrogens is 1. The van der Waals surface area contributed by atoms with Crippen molar-refractivity contribution in [1.29, 1.82) is 0 Å². The molecule has 0 bridgehead atoms. The number of rotatable bonds is 2. The lowest BCUT2D eigenvalue weighted by atomic mass is 10.0. The van der Waals surface area contributed by atoms with Gasteiger partial charge in [0.15, 0.2) is 0 Å². The van der Waals surface area contributed by atoms with Crippen LogP contribution in [-0.4, -0.2) is 41.8 Å². The molecule has 1 atom stereocenters. The minimum Gasteiger partial charge on any atom is -0.350 e. The van der Waals surface area contributed by atoms with E-state index in [2.05, 4.69) is 5.32 Å². The van der Waals surface area contributed by atoms with E-state index in [4.69, 9.17) is 0 Å². The molecule has 0 saturated carbocycles. The van der Waals surface area contributed by atoms with Crippen molar-refractivity contribution in [3.05, 3.63) is 36.0 Å². The van der Waals surface area contributed by atoms with Gasteiger partial charge in [0.1, 0.15) is 6.04 Å². The molecule has 0 radical (unpaired) electrons. The van der Waals surface area contributed by atoms with E-state index >= 15 is 0 Å². The standard InChI is InChI=1S/C15H18F3N3.2ClH/c1-20-10-12(11-4-2-3-5-13(11)20)14(15(16,17)18)21-8-6-19-7-9-21;;/h2-5,10,14,19H,6-9H2,1H3;2*1H/t14-;;/m0../s1. The predicted molar refractivity (Wildman–Crippen MR) is 90.7 cm³/mol. The van der Waals surface area contributed by atoms with E-state index in [1.54, 1.807) is 29.9 Å². The van der Waals surface area contributed by atoms with Crippen LogP contribution in [0.4, 0.5) is 13.2 Å². The highest BCUT2D eigenvalue weighted by molar-refractivity contribution is 5.86. The Morgan fingerprint density at radius 2 is 1.70 bits per heavy atom. The van der Waals surface area contributed by atoms with Gasteiger partial charge in [-0.1, -0.05) is 18.2 Å². The van der Waals surface area contributed by atoms with Crippen molar-refractivity contribution in [3.63, 3.8) is 0 Å². The minimum absolute atomic E-state index is 0. The van der Waals surface area contributed by atoms with E-state index in [1.807, 2.05) is 12.1 Å². The van der Waals surface area contributed by atoms with Crippen molar-refractivity contribution < 1.29 is 13.2 Å². The SMILES string of the molecule is Cl.Cl.Cn1cc([C@H](N2CCNCC2)C(F)(F)F)c2ccccc21. The third kappa shape index (κ3) is 3.94. The normalized spacial score (nSPS) is 17.4. The number of para-hydroxylation sites is 1. The van der Waals surface area contributed by atoms with Gasteiger partial charge in [0, 0.05) is 55.9 Å². The highest BCUT2D eigenvalue weighted by atomic mass is 35.5. The summed E-state index contributed by atoms with van der Waals surface area (Å²) in [6.45, 7) is 2.01. The third-order valence-electron chi connectivity index (χ3n) is 4.05. The zero-order chi connectivity index (χ0) is 15.0. The fraction of sp³-hybridized carbons (Fsp3) is 0.467. The Kier molecular flexibility index (Phi) is 6.77. The Morgan fingerprint density at radius 1 is 1.09 bits per heavy atom. The van der Waals surface area contributed by atoms with Crippen molar-refractivity contribution in [2.75, 3.05) is 26.2 Å². The first kappa shape index (κ1) is 20.1. The maximum absolute atomic E-state index is 13.7. The van der Waals surface area contributed by atoms with E-state index in [9.17, 15) is 13.2 Å². The number of fused-ring (bicyclic) bond motifs is 1. The molecule has 1 aliphatic rings. The summed E-state index contributed by atoms with van der Waals surface area (Å²) in [5.41, 5.74) is 1.18. The summed E-state index contributed by atoms with van der Waals surface area (Å²) >= 11 is 0. The van der Waals surface area contributed by atoms with Crippen molar-refractivity contribution in [3.8, 4) is 0 Å². The van der Waals surface area contributed by atoms with Crippen LogP contribution in [0.3, 0.4) is 0 Å². The average Bonchev–Trinajstić information content (AvgIpc) is 2.77. The second kappa shape index (κ2) is 7.75. The van der Waals surface area contributed by atoms with Crippen molar-refractivity contribution >= 4 is 35.7 Å². The molecular weight excluding hydrogens is 350 g/mol. The van der Waals surface area contributed by atoms with Crippen LogP contribution in [-0.2, 0) is 7.05 Å². The van der Waals surface area contributed by atoms with Gasteiger partial charge in [0.25, 0.3) is 0 Å². The van der Waals surface area contributed by atoms with E-state index in [1.165, 1.54) is 4.90 Å². The molecule has 1 N–H and O–H groups in total. The van der Waals surface area contributed by atoms with Crippen LogP contribution in [0.25, 0.3) is 10.9 Å². The van der Waals surface area contributed by atoms with Crippen molar-refractivity contribution in [1.82, 2.24) is 14.8 Å². The predicted octanol–water partition coefficient (Wildman–Crippen LogP) is 3.53. The molecule has 0 unspecified atom stereocenters. The lowest BCUT2D eigenvalue weighted by Crippen LogP contribution is -2.49. The second-order valence-electron chi connectivity index (χ2n) is 5.44. The van der Waals surface area contributed by atoms with Gasteiger partial charge >= 0.3 is 6.18 Å². The molecule has 3 rings (SSSR count). The van der Waals surface area contributed by atoms with Gasteiger partial charge in [-0.15, -0.1) is 24.8 Å². The smallest absolute Gasteiger partial charge is 0.350 e. The summed E-state index contributed by atoms with van der Waals surface area (Å²) in [5.74, 6) is 0. The molecular formula is C15H20Cl2F3N3. The van der Waals surface area contributed by atoms with Crippen LogP contribution in [0.2, 0.25) is 0 Å². The lowest BCUT2D eigenvalue weighted by Gasteiger charge is -2.35. The Hall–Kier alpha value is -0.950. The summed E-state index contributed by atoms with van der Waals surface area (Å²) in [7, 11) is 1.79. The number of halogens is 5. The van der Waals surface area contributed by atoms with Gasteiger partial charge in [0.2, 0.25) is 0 Å². The molecule has 130 valence electrons. The average molecular weight is 370 g/mol. The van der Waals surface area contributed by atoms with E-state index in [0.29, 0.717) is 37.1 Å². The van der Waals surface area contributed by atoms with Crippen LogP contribution < -0.4 is 5.32 Å². The minimum atomic E-state index is -4.28. The second-order valence-corrected chi connectivity index (χ2v) is 5.44. The number of aryl methyl sites for hydroxylation is 1. The molecule has 1 aromatic carbocycles. The van der Waals surface area contributed by atoms with Crippen molar-refractivity contribution in [2.24, 2.45) is 7.05 Å². The largest absolute Gasteiger partial charge is 0.408 e. The molecule has 1 aliphatic heterocycles. The summed E-state index contributed by atoms with van der Waals surface area (Å²) in [6.07, 6.45) is -2.66. The molecule has 23 heavy (non-hydrogen) atoms. The molecule has 1 aromatic heterocycles. The summed E-state index contributed by atoms with van der Waals surface area (Å²) in [5, 5.41) is 3.78. The Balaban J connectivity index is 0.00000132. The summed E-state index contributed by atoms with van der Waals surface area (Å²) in [4.78, 5) is 1.53. The Morgan fingerprint density at radius 3 is 2.30 bits per heavy atom. The maximum atomic E-state index is 13.7. The molecule has 0 aliphatic carbocycles. The van der Waals surface area contributed by atoms with Crippen LogP contribution in [0, 0.1) is 0 Å². The zero-order valence-electron chi connectivity index (χ0n) is 12.6. The molecule has 2 aromatic rings. The van der Waals surface area contributed by atoms with E-state index in [0.717, 1.165) is 5.52 Å². The first-order chi connectivity index (χ1) is 9.98. The molecule has 8 heteroatoms. The van der Waals surface area contributed by atoms with E-state index < -0.39 is 12.2 Å². The fourth-order valence-corrected chi connectivity index (χ4v) is 3.11. The first-order valence-corrected chi connectivity index (χ1v) is 7.04. The van der Waals surface area contributed by atoms with Crippen LogP contribution >= 0.6 is 24.8 Å². The lowest BCUT2D eigenvalue weighted by molar-refractivity contribution is -0.187. The van der Waals surface area contributed by atoms with E-state index in [-0.39, 0.29) is 24.8 Å². The number of piperazine rings is 1. The quantitative estimate of drug-likeness (QED) is 0.873. The Labute approximate surface area is 145 Å². The van der Waals surface area contributed by atoms with Crippen LogP contribution in [0.5, 0.6) is 0 Å². The first-order valence-electron chi connectivity index (χ1n) is 7.04. The molecule has 0 amide bonds. The van der Waals surface area contributed by atoms with Gasteiger partial charge in [0.05, 0.1) is 0 Å². The van der Waals surface area contributed by atoms with Gasteiger partial charge in [-0.05, 0) is 6.07 Å². The number of alkyl halides is 3.